The van der Waals surface area contributed by atoms with E-state index in [1.54, 1.807) is 0 Å². The molecule has 0 bridgehead atoms. The second-order valence-corrected chi connectivity index (χ2v) is 5.91. The lowest BCUT2D eigenvalue weighted by Gasteiger charge is -2.05. The molecular formula is C15H21N3S. The van der Waals surface area contributed by atoms with Crippen molar-refractivity contribution >= 4 is 22.6 Å². The highest BCUT2D eigenvalue weighted by Gasteiger charge is 2.20. The molecule has 0 radical (unpaired) electrons. The molecule has 1 aromatic rings. The maximum atomic E-state index is 8.06. The van der Waals surface area contributed by atoms with Crippen molar-refractivity contribution in [1.82, 2.24) is 0 Å². The molecule has 1 fully saturated rings. The van der Waals surface area contributed by atoms with Crippen LogP contribution in [0.1, 0.15) is 37.3 Å². The molecule has 0 saturated heterocycles. The minimum absolute atomic E-state index is 0.454. The second kappa shape index (κ2) is 6.75. The lowest BCUT2D eigenvalue weighted by atomic mass is 10.1. The molecule has 1 saturated carbocycles. The molecule has 4 heteroatoms. The molecule has 0 aromatic heterocycles. The summed E-state index contributed by atoms with van der Waals surface area (Å²) in [5.41, 5.74) is 8.75. The van der Waals surface area contributed by atoms with Gasteiger partial charge in [-0.1, -0.05) is 49.4 Å². The molecular weight excluding hydrogens is 254 g/mol. The number of rotatable bonds is 6. The summed E-state index contributed by atoms with van der Waals surface area (Å²) in [4.78, 5) is 4.35. The largest absolute Gasteiger partial charge is 0.379 e. The van der Waals surface area contributed by atoms with Crippen LogP contribution in [0.15, 0.2) is 29.3 Å². The summed E-state index contributed by atoms with van der Waals surface area (Å²) in [5.74, 6) is 0.592. The molecule has 19 heavy (non-hydrogen) atoms. The quantitative estimate of drug-likeness (QED) is 0.618. The van der Waals surface area contributed by atoms with Crippen molar-refractivity contribution in [2.24, 2.45) is 10.7 Å². The first kappa shape index (κ1) is 14.1. The standard InChI is InChI=1S/C15H21N3S/c1-2-3-11-4-6-12(7-5-11)14(16)10-19-15(17)18-13-8-9-13/h4-7,13,16H,2-3,8-10H2,1H3,(H2,17,18). The van der Waals surface area contributed by atoms with Gasteiger partial charge in [-0.3, -0.25) is 4.99 Å². The molecule has 0 aliphatic heterocycles. The third-order valence-corrected chi connectivity index (χ3v) is 3.90. The highest BCUT2D eigenvalue weighted by atomic mass is 32.2. The van der Waals surface area contributed by atoms with Gasteiger partial charge in [0.25, 0.3) is 0 Å². The summed E-state index contributed by atoms with van der Waals surface area (Å²) in [5, 5.41) is 8.68. The number of hydrogen-bond donors (Lipinski definition) is 2. The fraction of sp³-hybridized carbons (Fsp3) is 0.467. The number of benzene rings is 1. The average Bonchev–Trinajstić information content (AvgIpc) is 3.21. The van der Waals surface area contributed by atoms with Gasteiger partial charge in [0.2, 0.25) is 0 Å². The zero-order valence-corrected chi connectivity index (χ0v) is 12.2. The van der Waals surface area contributed by atoms with Gasteiger partial charge in [-0.15, -0.1) is 0 Å². The van der Waals surface area contributed by atoms with E-state index in [4.69, 9.17) is 11.1 Å². The first-order chi connectivity index (χ1) is 9.19. The van der Waals surface area contributed by atoms with Crippen LogP contribution in [0, 0.1) is 5.41 Å². The van der Waals surface area contributed by atoms with Gasteiger partial charge in [0.15, 0.2) is 5.17 Å². The second-order valence-electron chi connectivity index (χ2n) is 4.91. The number of amidine groups is 1. The molecule has 3 nitrogen and oxygen atoms in total. The highest BCUT2D eigenvalue weighted by Crippen LogP contribution is 2.24. The molecule has 0 amide bonds. The van der Waals surface area contributed by atoms with Gasteiger partial charge in [0, 0.05) is 11.5 Å². The van der Waals surface area contributed by atoms with Crippen LogP contribution in [-0.4, -0.2) is 22.7 Å². The molecule has 0 unspecified atom stereocenters. The van der Waals surface area contributed by atoms with Gasteiger partial charge in [0.05, 0.1) is 6.04 Å². The minimum Gasteiger partial charge on any atom is -0.379 e. The molecule has 2 rings (SSSR count). The first-order valence-corrected chi connectivity index (χ1v) is 7.80. The molecule has 1 aliphatic carbocycles. The number of aliphatic imine (C=N–C) groups is 1. The Balaban J connectivity index is 1.84. The monoisotopic (exact) mass is 275 g/mol. The van der Waals surface area contributed by atoms with E-state index in [1.165, 1.54) is 17.3 Å². The number of nitrogens with zero attached hydrogens (tertiary/aromatic N) is 1. The van der Waals surface area contributed by atoms with E-state index >= 15 is 0 Å². The van der Waals surface area contributed by atoms with Crippen molar-refractivity contribution in [2.45, 2.75) is 38.6 Å². The lowest BCUT2D eigenvalue weighted by Crippen LogP contribution is -2.12. The van der Waals surface area contributed by atoms with Crippen molar-refractivity contribution < 1.29 is 0 Å². The summed E-state index contributed by atoms with van der Waals surface area (Å²) in [6.45, 7) is 2.18. The van der Waals surface area contributed by atoms with E-state index in [2.05, 4.69) is 24.0 Å². The maximum Gasteiger partial charge on any atom is 0.154 e. The van der Waals surface area contributed by atoms with Gasteiger partial charge >= 0.3 is 0 Å². The van der Waals surface area contributed by atoms with E-state index in [-0.39, 0.29) is 0 Å². The molecule has 0 heterocycles. The number of aryl methyl sites for hydroxylation is 1. The summed E-state index contributed by atoms with van der Waals surface area (Å²) in [6.07, 6.45) is 4.58. The smallest absolute Gasteiger partial charge is 0.154 e. The Bertz CT molecular complexity index is 461. The topological polar surface area (TPSA) is 62.2 Å². The summed E-state index contributed by atoms with van der Waals surface area (Å²) < 4.78 is 0. The van der Waals surface area contributed by atoms with Crippen molar-refractivity contribution in [1.29, 1.82) is 5.41 Å². The number of hydrogen-bond acceptors (Lipinski definition) is 3. The van der Waals surface area contributed by atoms with Crippen LogP contribution < -0.4 is 5.73 Å². The first-order valence-electron chi connectivity index (χ1n) is 6.82. The van der Waals surface area contributed by atoms with Crippen LogP contribution in [0.3, 0.4) is 0 Å². The minimum atomic E-state index is 0.454. The van der Waals surface area contributed by atoms with Gasteiger partial charge in [-0.2, -0.15) is 0 Å². The SMILES string of the molecule is CCCc1ccc(C(=N)CSC(N)=NC2CC2)cc1. The fourth-order valence-corrected chi connectivity index (χ4v) is 2.49. The van der Waals surface area contributed by atoms with Crippen molar-refractivity contribution in [3.05, 3.63) is 35.4 Å². The Hall–Kier alpha value is -1.29. The number of thioether (sulfide) groups is 1. The van der Waals surface area contributed by atoms with E-state index in [9.17, 15) is 0 Å². The lowest BCUT2D eigenvalue weighted by molar-refractivity contribution is 0.922. The Labute approximate surface area is 119 Å². The molecule has 1 aliphatic rings. The Morgan fingerprint density at radius 1 is 1.37 bits per heavy atom. The summed E-state index contributed by atoms with van der Waals surface area (Å²) in [6, 6.07) is 8.74. The van der Waals surface area contributed by atoms with Gasteiger partial charge in [0.1, 0.15) is 0 Å². The van der Waals surface area contributed by atoms with Crippen LogP contribution in [-0.2, 0) is 6.42 Å². The van der Waals surface area contributed by atoms with E-state index in [1.807, 2.05) is 12.1 Å². The van der Waals surface area contributed by atoms with Crippen molar-refractivity contribution in [2.75, 3.05) is 5.75 Å². The van der Waals surface area contributed by atoms with E-state index in [0.717, 1.165) is 31.2 Å². The summed E-state index contributed by atoms with van der Waals surface area (Å²) >= 11 is 1.47. The third-order valence-electron chi connectivity index (χ3n) is 3.06. The zero-order chi connectivity index (χ0) is 13.7. The predicted octanol–water partition coefficient (Wildman–Crippen LogP) is 3.22. The predicted molar refractivity (Wildman–Crippen MR) is 84.4 cm³/mol. The molecule has 0 spiro atoms. The van der Waals surface area contributed by atoms with Crippen LogP contribution in [0.2, 0.25) is 0 Å². The molecule has 3 N–H and O–H groups in total. The molecule has 1 aromatic carbocycles. The number of nitrogens with two attached hydrogens (primary N) is 1. The Morgan fingerprint density at radius 3 is 2.63 bits per heavy atom. The highest BCUT2D eigenvalue weighted by molar-refractivity contribution is 8.14. The van der Waals surface area contributed by atoms with Gasteiger partial charge in [-0.25, -0.2) is 0 Å². The van der Waals surface area contributed by atoms with Crippen LogP contribution in [0.25, 0.3) is 0 Å². The third kappa shape index (κ3) is 4.71. The normalized spacial score (nSPS) is 15.5. The maximum absolute atomic E-state index is 8.06. The van der Waals surface area contributed by atoms with E-state index in [0.29, 0.717) is 22.7 Å². The van der Waals surface area contributed by atoms with Crippen molar-refractivity contribution in [3.8, 4) is 0 Å². The van der Waals surface area contributed by atoms with E-state index < -0.39 is 0 Å². The van der Waals surface area contributed by atoms with Gasteiger partial charge in [-0.05, 0) is 30.4 Å². The van der Waals surface area contributed by atoms with Crippen molar-refractivity contribution in [3.63, 3.8) is 0 Å². The fourth-order valence-electron chi connectivity index (χ4n) is 1.81. The van der Waals surface area contributed by atoms with Crippen LogP contribution >= 0.6 is 11.8 Å². The van der Waals surface area contributed by atoms with Crippen LogP contribution in [0.5, 0.6) is 0 Å². The zero-order valence-electron chi connectivity index (χ0n) is 11.4. The summed E-state index contributed by atoms with van der Waals surface area (Å²) in [7, 11) is 0. The number of nitrogens with one attached hydrogen (secondary N) is 1. The van der Waals surface area contributed by atoms with Crippen LogP contribution in [0.4, 0.5) is 0 Å². The Kier molecular flexibility index (Phi) is 5.02. The average molecular weight is 275 g/mol. The Morgan fingerprint density at radius 2 is 2.05 bits per heavy atom. The van der Waals surface area contributed by atoms with Gasteiger partial charge < -0.3 is 11.1 Å². The molecule has 0 atom stereocenters. The molecule has 102 valence electrons.